The van der Waals surface area contributed by atoms with Gasteiger partial charge < -0.3 is 15.8 Å². The molecule has 0 unspecified atom stereocenters. The van der Waals surface area contributed by atoms with Gasteiger partial charge in [-0.15, -0.1) is 0 Å². The van der Waals surface area contributed by atoms with Gasteiger partial charge in [-0.1, -0.05) is 19.3 Å². The SMILES string of the molecule is Cn1ncc(N)c1C(=O)NCCOC1CCCCC1. The largest absolute Gasteiger partial charge is 0.396 e. The second-order valence-corrected chi connectivity index (χ2v) is 4.96. The number of carbonyl (C=O) groups excluding carboxylic acids is 1. The monoisotopic (exact) mass is 266 g/mol. The number of rotatable bonds is 5. The van der Waals surface area contributed by atoms with Crippen molar-refractivity contribution in [3.8, 4) is 0 Å². The van der Waals surface area contributed by atoms with E-state index in [1.54, 1.807) is 7.05 Å². The molecule has 6 nitrogen and oxygen atoms in total. The first-order chi connectivity index (χ1) is 9.18. The van der Waals surface area contributed by atoms with Crippen molar-refractivity contribution in [1.82, 2.24) is 15.1 Å². The number of nitrogens with one attached hydrogen (secondary N) is 1. The molecule has 106 valence electrons. The molecule has 1 saturated carbocycles. The van der Waals surface area contributed by atoms with Gasteiger partial charge in [0.15, 0.2) is 0 Å². The molecule has 1 aliphatic rings. The number of aryl methyl sites for hydroxylation is 1. The average Bonchev–Trinajstić information content (AvgIpc) is 2.75. The van der Waals surface area contributed by atoms with E-state index in [0.29, 0.717) is 30.6 Å². The summed E-state index contributed by atoms with van der Waals surface area (Å²) in [4.78, 5) is 11.9. The quantitative estimate of drug-likeness (QED) is 0.781. The van der Waals surface area contributed by atoms with Gasteiger partial charge in [-0.2, -0.15) is 5.10 Å². The second-order valence-electron chi connectivity index (χ2n) is 4.96. The van der Waals surface area contributed by atoms with Crippen LogP contribution in [-0.2, 0) is 11.8 Å². The standard InChI is InChI=1S/C13H22N4O2/c1-17-12(11(14)9-16-17)13(18)15-7-8-19-10-5-3-2-4-6-10/h9-10H,2-8,14H2,1H3,(H,15,18). The summed E-state index contributed by atoms with van der Waals surface area (Å²) in [6.45, 7) is 1.05. The van der Waals surface area contributed by atoms with Crippen LogP contribution in [0.3, 0.4) is 0 Å². The van der Waals surface area contributed by atoms with Gasteiger partial charge >= 0.3 is 0 Å². The Morgan fingerprint density at radius 2 is 2.26 bits per heavy atom. The highest BCUT2D eigenvalue weighted by Gasteiger charge is 2.15. The number of anilines is 1. The zero-order valence-electron chi connectivity index (χ0n) is 11.4. The summed E-state index contributed by atoms with van der Waals surface area (Å²) in [7, 11) is 1.70. The normalized spacial score (nSPS) is 16.5. The summed E-state index contributed by atoms with van der Waals surface area (Å²) in [5, 5.41) is 6.74. The molecule has 0 spiro atoms. The fourth-order valence-corrected chi connectivity index (χ4v) is 2.44. The van der Waals surface area contributed by atoms with Crippen LogP contribution in [-0.4, -0.2) is 34.9 Å². The summed E-state index contributed by atoms with van der Waals surface area (Å²) in [6.07, 6.45) is 7.95. The lowest BCUT2D eigenvalue weighted by molar-refractivity contribution is 0.0299. The van der Waals surface area contributed by atoms with Crippen LogP contribution in [0, 0.1) is 0 Å². The molecule has 0 aromatic carbocycles. The highest BCUT2D eigenvalue weighted by molar-refractivity contribution is 5.97. The third-order valence-corrected chi connectivity index (χ3v) is 3.48. The Labute approximate surface area is 113 Å². The van der Waals surface area contributed by atoms with Crippen molar-refractivity contribution in [3.05, 3.63) is 11.9 Å². The number of hydrogen-bond donors (Lipinski definition) is 2. The van der Waals surface area contributed by atoms with Crippen LogP contribution in [0.4, 0.5) is 5.69 Å². The Morgan fingerprint density at radius 3 is 2.89 bits per heavy atom. The first kappa shape index (κ1) is 13.9. The van der Waals surface area contributed by atoms with E-state index in [-0.39, 0.29) is 5.91 Å². The highest BCUT2D eigenvalue weighted by atomic mass is 16.5. The maximum atomic E-state index is 11.9. The number of hydrogen-bond acceptors (Lipinski definition) is 4. The van der Waals surface area contributed by atoms with Gasteiger partial charge in [0, 0.05) is 13.6 Å². The maximum Gasteiger partial charge on any atom is 0.271 e. The lowest BCUT2D eigenvalue weighted by Gasteiger charge is -2.22. The fourth-order valence-electron chi connectivity index (χ4n) is 2.44. The van der Waals surface area contributed by atoms with E-state index in [9.17, 15) is 4.79 Å². The zero-order valence-corrected chi connectivity index (χ0v) is 11.4. The molecule has 2 rings (SSSR count). The van der Waals surface area contributed by atoms with Gasteiger partial charge in [-0.3, -0.25) is 9.48 Å². The summed E-state index contributed by atoms with van der Waals surface area (Å²) in [5.41, 5.74) is 6.49. The van der Waals surface area contributed by atoms with E-state index >= 15 is 0 Å². The van der Waals surface area contributed by atoms with Crippen LogP contribution >= 0.6 is 0 Å². The van der Waals surface area contributed by atoms with Crippen molar-refractivity contribution in [2.45, 2.75) is 38.2 Å². The molecule has 1 fully saturated rings. The highest BCUT2D eigenvalue weighted by Crippen LogP contribution is 2.19. The minimum atomic E-state index is -0.204. The molecule has 1 amide bonds. The molecule has 1 aromatic rings. The van der Waals surface area contributed by atoms with E-state index in [2.05, 4.69) is 10.4 Å². The van der Waals surface area contributed by atoms with Crippen LogP contribution < -0.4 is 11.1 Å². The predicted octanol–water partition coefficient (Wildman–Crippen LogP) is 1.08. The Hall–Kier alpha value is -1.56. The van der Waals surface area contributed by atoms with Gasteiger partial charge in [0.1, 0.15) is 5.69 Å². The molecule has 0 radical (unpaired) electrons. The van der Waals surface area contributed by atoms with Crippen LogP contribution in [0.2, 0.25) is 0 Å². The van der Waals surface area contributed by atoms with E-state index < -0.39 is 0 Å². The molecule has 19 heavy (non-hydrogen) atoms. The Balaban J connectivity index is 1.69. The van der Waals surface area contributed by atoms with Crippen LogP contribution in [0.5, 0.6) is 0 Å². The van der Waals surface area contributed by atoms with E-state index in [1.807, 2.05) is 0 Å². The van der Waals surface area contributed by atoms with Crippen molar-refractivity contribution in [2.75, 3.05) is 18.9 Å². The van der Waals surface area contributed by atoms with Gasteiger partial charge in [0.2, 0.25) is 0 Å². The molecule has 1 aliphatic carbocycles. The lowest BCUT2D eigenvalue weighted by atomic mass is 9.98. The lowest BCUT2D eigenvalue weighted by Crippen LogP contribution is -2.31. The second kappa shape index (κ2) is 6.56. The maximum absolute atomic E-state index is 11.9. The van der Waals surface area contributed by atoms with Gasteiger partial charge in [-0.05, 0) is 12.8 Å². The number of nitrogens with zero attached hydrogens (tertiary/aromatic N) is 2. The molecule has 0 saturated heterocycles. The first-order valence-corrected chi connectivity index (χ1v) is 6.85. The molecular formula is C13H22N4O2. The van der Waals surface area contributed by atoms with Gasteiger partial charge in [0.05, 0.1) is 24.6 Å². The molecule has 0 bridgehead atoms. The predicted molar refractivity (Wildman–Crippen MR) is 72.8 cm³/mol. The number of nitrogens with two attached hydrogens (primary N) is 1. The number of aromatic nitrogens is 2. The average molecular weight is 266 g/mol. The van der Waals surface area contributed by atoms with Gasteiger partial charge in [-0.25, -0.2) is 0 Å². The van der Waals surface area contributed by atoms with Crippen LogP contribution in [0.15, 0.2) is 6.20 Å². The number of carbonyl (C=O) groups is 1. The van der Waals surface area contributed by atoms with Crippen molar-refractivity contribution in [2.24, 2.45) is 7.05 Å². The van der Waals surface area contributed by atoms with Crippen molar-refractivity contribution < 1.29 is 9.53 Å². The summed E-state index contributed by atoms with van der Waals surface area (Å²) in [6, 6.07) is 0. The zero-order chi connectivity index (χ0) is 13.7. The minimum absolute atomic E-state index is 0.204. The topological polar surface area (TPSA) is 82.2 Å². The Bertz CT molecular complexity index is 405. The molecule has 0 atom stereocenters. The van der Waals surface area contributed by atoms with E-state index in [4.69, 9.17) is 10.5 Å². The van der Waals surface area contributed by atoms with Crippen LogP contribution in [0.25, 0.3) is 0 Å². The van der Waals surface area contributed by atoms with E-state index in [1.165, 1.54) is 30.1 Å². The molecule has 6 heteroatoms. The van der Waals surface area contributed by atoms with Crippen molar-refractivity contribution >= 4 is 11.6 Å². The summed E-state index contributed by atoms with van der Waals surface area (Å²) >= 11 is 0. The third-order valence-electron chi connectivity index (χ3n) is 3.48. The summed E-state index contributed by atoms with van der Waals surface area (Å²) < 4.78 is 7.22. The molecule has 1 heterocycles. The van der Waals surface area contributed by atoms with Crippen molar-refractivity contribution in [3.63, 3.8) is 0 Å². The molecular weight excluding hydrogens is 244 g/mol. The fraction of sp³-hybridized carbons (Fsp3) is 0.692. The number of nitrogen functional groups attached to an aromatic ring is 1. The molecule has 1 aromatic heterocycles. The summed E-state index contributed by atoms with van der Waals surface area (Å²) in [5.74, 6) is -0.204. The minimum Gasteiger partial charge on any atom is -0.396 e. The van der Waals surface area contributed by atoms with E-state index in [0.717, 1.165) is 12.8 Å². The smallest absolute Gasteiger partial charge is 0.271 e. The van der Waals surface area contributed by atoms with Crippen LogP contribution in [0.1, 0.15) is 42.6 Å². The number of ether oxygens (including phenoxy) is 1. The Kier molecular flexibility index (Phi) is 4.79. The third kappa shape index (κ3) is 3.70. The Morgan fingerprint density at radius 1 is 1.53 bits per heavy atom. The number of amides is 1. The van der Waals surface area contributed by atoms with Gasteiger partial charge in [0.25, 0.3) is 5.91 Å². The molecule has 0 aliphatic heterocycles. The molecule has 3 N–H and O–H groups in total. The first-order valence-electron chi connectivity index (χ1n) is 6.85. The van der Waals surface area contributed by atoms with Crippen molar-refractivity contribution in [1.29, 1.82) is 0 Å².